The zero-order chi connectivity index (χ0) is 18.4. The molecule has 0 heterocycles. The third-order valence-corrected chi connectivity index (χ3v) is 5.82. The second kappa shape index (κ2) is 6.48. The largest absolute Gasteiger partial charge is 0.508 e. The maximum absolute atomic E-state index is 13.8. The summed E-state index contributed by atoms with van der Waals surface area (Å²) in [5, 5.41) is 10.3. The van der Waals surface area contributed by atoms with Gasteiger partial charge in [-0.15, -0.1) is 23.2 Å². The monoisotopic (exact) mass is 380 g/mol. The van der Waals surface area contributed by atoms with E-state index in [0.717, 1.165) is 17.5 Å². The predicted molar refractivity (Wildman–Crippen MR) is 103 cm³/mol. The molecule has 134 valence electrons. The Kier molecular flexibility index (Phi) is 4.81. The van der Waals surface area contributed by atoms with Crippen molar-refractivity contribution in [2.24, 2.45) is 0 Å². The van der Waals surface area contributed by atoms with Gasteiger partial charge in [0.25, 0.3) is 0 Å². The van der Waals surface area contributed by atoms with Gasteiger partial charge < -0.3 is 5.11 Å². The Labute approximate surface area is 158 Å². The number of alkyl halides is 3. The van der Waals surface area contributed by atoms with E-state index >= 15 is 0 Å². The fraction of sp³-hybridized carbons (Fsp3) is 0.429. The smallest absolute Gasteiger partial charge is 0.133 e. The summed E-state index contributed by atoms with van der Waals surface area (Å²) >= 11 is 13.1. The van der Waals surface area contributed by atoms with Gasteiger partial charge in [-0.2, -0.15) is 0 Å². The van der Waals surface area contributed by atoms with Crippen LogP contribution in [-0.4, -0.2) is 15.1 Å². The van der Waals surface area contributed by atoms with E-state index in [2.05, 4.69) is 31.2 Å². The maximum Gasteiger partial charge on any atom is 0.133 e. The average Bonchev–Trinajstić information content (AvgIpc) is 3.10. The number of benzene rings is 2. The van der Waals surface area contributed by atoms with Gasteiger partial charge in [-0.1, -0.05) is 43.3 Å². The summed E-state index contributed by atoms with van der Waals surface area (Å²) in [4.78, 5) is 0. The lowest BCUT2D eigenvalue weighted by molar-refractivity contribution is 0.215. The van der Waals surface area contributed by atoms with Crippen LogP contribution in [0.25, 0.3) is 0 Å². The molecule has 0 amide bonds. The number of halogens is 3. The van der Waals surface area contributed by atoms with Crippen LogP contribution in [0, 0.1) is 0 Å². The number of aromatic hydroxyl groups is 1. The van der Waals surface area contributed by atoms with Crippen molar-refractivity contribution in [2.45, 2.75) is 55.5 Å². The molecule has 0 radical (unpaired) electrons. The molecule has 3 rings (SSSR count). The molecule has 1 saturated carbocycles. The highest BCUT2D eigenvalue weighted by molar-refractivity contribution is 6.52. The first-order chi connectivity index (χ1) is 11.6. The highest BCUT2D eigenvalue weighted by atomic mass is 35.5. The molecule has 2 aromatic carbocycles. The van der Waals surface area contributed by atoms with E-state index in [1.807, 2.05) is 6.07 Å². The van der Waals surface area contributed by atoms with Crippen LogP contribution < -0.4 is 0 Å². The Morgan fingerprint density at radius 2 is 1.60 bits per heavy atom. The molecule has 0 aromatic heterocycles. The van der Waals surface area contributed by atoms with Crippen LogP contribution in [0.3, 0.4) is 0 Å². The molecule has 0 aliphatic heterocycles. The zero-order valence-corrected chi connectivity index (χ0v) is 16.2. The van der Waals surface area contributed by atoms with Gasteiger partial charge in [0.1, 0.15) is 15.8 Å². The summed E-state index contributed by atoms with van der Waals surface area (Å²) in [5.74, 6) is 0.00518. The van der Waals surface area contributed by atoms with Crippen molar-refractivity contribution in [2.75, 3.05) is 0 Å². The molecule has 2 aromatic rings. The lowest BCUT2D eigenvalue weighted by Crippen LogP contribution is -2.15. The van der Waals surface area contributed by atoms with Gasteiger partial charge >= 0.3 is 0 Å². The van der Waals surface area contributed by atoms with Crippen LogP contribution in [0.2, 0.25) is 0 Å². The quantitative estimate of drug-likeness (QED) is 0.603. The van der Waals surface area contributed by atoms with E-state index in [-0.39, 0.29) is 24.0 Å². The summed E-state index contributed by atoms with van der Waals surface area (Å²) in [6, 6.07) is 13.7. The molecule has 2 unspecified atom stereocenters. The summed E-state index contributed by atoms with van der Waals surface area (Å²) in [5.41, 5.74) is 2.47. The summed E-state index contributed by atoms with van der Waals surface area (Å²) < 4.78 is 13.0. The van der Waals surface area contributed by atoms with E-state index in [9.17, 15) is 9.50 Å². The molecular weight excluding hydrogens is 358 g/mol. The standard InChI is InChI=1S/C21H23Cl2FO/c1-4-13-5-7-14(8-6-13)18-19(21(18,22)23)15-9-10-16(17(25)11-15)12-20(2,3)24/h5-11,18-19,25H,4,12H2,1-3H3. The molecular formula is C21H23Cl2FO. The zero-order valence-electron chi connectivity index (χ0n) is 14.7. The molecule has 1 fully saturated rings. The van der Waals surface area contributed by atoms with Gasteiger partial charge in [0.05, 0.1) is 0 Å². The maximum atomic E-state index is 13.8. The highest BCUT2D eigenvalue weighted by Crippen LogP contribution is 2.70. The molecule has 2 atom stereocenters. The Balaban J connectivity index is 1.85. The Morgan fingerprint density at radius 1 is 1.04 bits per heavy atom. The fourth-order valence-corrected chi connectivity index (χ4v) is 4.38. The number of rotatable bonds is 5. The molecule has 1 aliphatic carbocycles. The first kappa shape index (κ1) is 18.5. The van der Waals surface area contributed by atoms with Crippen LogP contribution in [-0.2, 0) is 12.8 Å². The number of hydrogen-bond acceptors (Lipinski definition) is 1. The third kappa shape index (κ3) is 3.80. The minimum absolute atomic E-state index is 0.00962. The highest BCUT2D eigenvalue weighted by Gasteiger charge is 2.64. The molecule has 0 saturated heterocycles. The summed E-state index contributed by atoms with van der Waals surface area (Å²) in [6.45, 7) is 5.12. The Bertz CT molecular complexity index is 762. The molecule has 4 heteroatoms. The second-order valence-electron chi connectivity index (χ2n) is 7.51. The number of phenols is 1. The number of hydrogen-bond donors (Lipinski definition) is 1. The summed E-state index contributed by atoms with van der Waals surface area (Å²) in [6.07, 6.45) is 1.15. The van der Waals surface area contributed by atoms with E-state index in [0.29, 0.717) is 5.56 Å². The Morgan fingerprint density at radius 3 is 2.12 bits per heavy atom. The third-order valence-electron chi connectivity index (χ3n) is 4.88. The summed E-state index contributed by atoms with van der Waals surface area (Å²) in [7, 11) is 0. The van der Waals surface area contributed by atoms with Gasteiger partial charge in [0.2, 0.25) is 0 Å². The van der Waals surface area contributed by atoms with Crippen molar-refractivity contribution in [1.82, 2.24) is 0 Å². The molecule has 25 heavy (non-hydrogen) atoms. The average molecular weight is 381 g/mol. The molecule has 1 nitrogen and oxygen atoms in total. The van der Waals surface area contributed by atoms with Crippen LogP contribution in [0.4, 0.5) is 4.39 Å². The molecule has 1 N–H and O–H groups in total. The predicted octanol–water partition coefficient (Wildman–Crippen LogP) is 6.30. The van der Waals surface area contributed by atoms with Crippen LogP contribution in [0.5, 0.6) is 5.75 Å². The lowest BCUT2D eigenvalue weighted by atomic mass is 9.96. The van der Waals surface area contributed by atoms with Crippen molar-refractivity contribution < 1.29 is 9.50 Å². The molecule has 0 spiro atoms. The number of aryl methyl sites for hydroxylation is 1. The minimum atomic E-state index is -1.37. The van der Waals surface area contributed by atoms with Gasteiger partial charge in [-0.05, 0) is 48.6 Å². The Hall–Kier alpha value is -1.25. The molecule has 1 aliphatic rings. The van der Waals surface area contributed by atoms with Gasteiger partial charge in [0.15, 0.2) is 0 Å². The fourth-order valence-electron chi connectivity index (χ4n) is 3.49. The first-order valence-electron chi connectivity index (χ1n) is 8.61. The van der Waals surface area contributed by atoms with Crippen molar-refractivity contribution in [3.8, 4) is 5.75 Å². The van der Waals surface area contributed by atoms with Gasteiger partial charge in [-0.3, -0.25) is 0 Å². The molecule has 0 bridgehead atoms. The van der Waals surface area contributed by atoms with Gasteiger partial charge in [0, 0.05) is 18.3 Å². The second-order valence-corrected chi connectivity index (χ2v) is 8.95. The minimum Gasteiger partial charge on any atom is -0.508 e. The van der Waals surface area contributed by atoms with Gasteiger partial charge in [-0.25, -0.2) is 4.39 Å². The SMILES string of the molecule is CCc1ccc(C2C(c3ccc(CC(C)(C)F)c(O)c3)C2(Cl)Cl)cc1. The topological polar surface area (TPSA) is 20.2 Å². The van der Waals surface area contributed by atoms with Crippen LogP contribution >= 0.6 is 23.2 Å². The van der Waals surface area contributed by atoms with E-state index in [4.69, 9.17) is 23.2 Å². The van der Waals surface area contributed by atoms with Crippen molar-refractivity contribution in [3.05, 3.63) is 64.7 Å². The van der Waals surface area contributed by atoms with Crippen molar-refractivity contribution in [3.63, 3.8) is 0 Å². The van der Waals surface area contributed by atoms with E-state index in [1.54, 1.807) is 12.1 Å². The van der Waals surface area contributed by atoms with Crippen LogP contribution in [0.15, 0.2) is 42.5 Å². The number of phenolic OH excluding ortho intramolecular Hbond substituents is 1. The van der Waals surface area contributed by atoms with Crippen LogP contribution in [0.1, 0.15) is 54.9 Å². The first-order valence-corrected chi connectivity index (χ1v) is 9.36. The normalized spacial score (nSPS) is 22.0. The lowest BCUT2D eigenvalue weighted by Gasteiger charge is -2.15. The van der Waals surface area contributed by atoms with E-state index in [1.165, 1.54) is 19.4 Å². The van der Waals surface area contributed by atoms with Crippen molar-refractivity contribution >= 4 is 23.2 Å². The van der Waals surface area contributed by atoms with E-state index < -0.39 is 10.0 Å². The van der Waals surface area contributed by atoms with Crippen molar-refractivity contribution in [1.29, 1.82) is 0 Å².